The van der Waals surface area contributed by atoms with E-state index in [0.29, 0.717) is 5.41 Å². The molecule has 16 heavy (non-hydrogen) atoms. The predicted octanol–water partition coefficient (Wildman–Crippen LogP) is 3.70. The van der Waals surface area contributed by atoms with Crippen LogP contribution < -0.4 is 0 Å². The molecule has 0 aromatic heterocycles. The van der Waals surface area contributed by atoms with E-state index < -0.39 is 0 Å². The first-order valence-electron chi connectivity index (χ1n) is 6.54. The molecule has 88 valence electrons. The van der Waals surface area contributed by atoms with Gasteiger partial charge in [-0.1, -0.05) is 50.6 Å². The Bertz CT molecular complexity index is 311. The van der Waals surface area contributed by atoms with Crippen LogP contribution in [-0.2, 0) is 6.54 Å². The number of nitrogens with zero attached hydrogens (tertiary/aromatic N) is 1. The minimum atomic E-state index is 0.642. The van der Waals surface area contributed by atoms with Gasteiger partial charge in [-0.15, -0.1) is 0 Å². The van der Waals surface area contributed by atoms with E-state index in [9.17, 15) is 0 Å². The van der Waals surface area contributed by atoms with Crippen LogP contribution in [0.15, 0.2) is 30.3 Å². The second-order valence-electron chi connectivity index (χ2n) is 5.23. The van der Waals surface area contributed by atoms with E-state index in [2.05, 4.69) is 49.1 Å². The van der Waals surface area contributed by atoms with Gasteiger partial charge in [0.25, 0.3) is 0 Å². The number of benzene rings is 1. The summed E-state index contributed by atoms with van der Waals surface area (Å²) in [7, 11) is 0. The Morgan fingerprint density at radius 1 is 1.12 bits per heavy atom. The molecule has 1 heteroatoms. The summed E-state index contributed by atoms with van der Waals surface area (Å²) >= 11 is 0. The minimum absolute atomic E-state index is 0.642. The highest BCUT2D eigenvalue weighted by Gasteiger charge is 2.39. The van der Waals surface area contributed by atoms with Crippen molar-refractivity contribution in [3.05, 3.63) is 35.9 Å². The first-order valence-corrected chi connectivity index (χ1v) is 6.54. The number of hydrogen-bond acceptors (Lipinski definition) is 1. The maximum absolute atomic E-state index is 2.58. The average molecular weight is 217 g/mol. The van der Waals surface area contributed by atoms with Crippen LogP contribution in [0.1, 0.15) is 38.7 Å². The van der Waals surface area contributed by atoms with Crippen LogP contribution in [-0.4, -0.2) is 18.0 Å². The summed E-state index contributed by atoms with van der Waals surface area (Å²) in [6.45, 7) is 8.37. The van der Waals surface area contributed by atoms with Crippen LogP contribution in [0.2, 0.25) is 0 Å². The van der Waals surface area contributed by atoms with Crippen LogP contribution >= 0.6 is 0 Å². The van der Waals surface area contributed by atoms with Gasteiger partial charge in [0.2, 0.25) is 0 Å². The zero-order chi connectivity index (χ0) is 11.4. The third-order valence-corrected chi connectivity index (χ3v) is 3.90. The fraction of sp³-hybridized carbons (Fsp3) is 0.600. The molecule has 0 bridgehead atoms. The number of likely N-dealkylation sites (tertiary alicyclic amines) is 1. The van der Waals surface area contributed by atoms with Crippen LogP contribution in [0, 0.1) is 5.41 Å². The van der Waals surface area contributed by atoms with E-state index in [1.807, 2.05) is 0 Å². The lowest BCUT2D eigenvalue weighted by Crippen LogP contribution is -2.55. The quantitative estimate of drug-likeness (QED) is 0.727. The maximum Gasteiger partial charge on any atom is 0.0234 e. The number of rotatable bonds is 5. The van der Waals surface area contributed by atoms with E-state index >= 15 is 0 Å². The first-order chi connectivity index (χ1) is 7.78. The Morgan fingerprint density at radius 2 is 1.81 bits per heavy atom. The van der Waals surface area contributed by atoms with Crippen molar-refractivity contribution >= 4 is 0 Å². The van der Waals surface area contributed by atoms with Gasteiger partial charge in [-0.05, 0) is 23.8 Å². The highest BCUT2D eigenvalue weighted by atomic mass is 15.2. The lowest BCUT2D eigenvalue weighted by atomic mass is 9.74. The summed E-state index contributed by atoms with van der Waals surface area (Å²) in [6, 6.07) is 10.8. The predicted molar refractivity (Wildman–Crippen MR) is 69.4 cm³/mol. The molecule has 0 N–H and O–H groups in total. The van der Waals surface area contributed by atoms with E-state index in [0.717, 1.165) is 6.54 Å². The van der Waals surface area contributed by atoms with Crippen molar-refractivity contribution in [1.82, 2.24) is 4.90 Å². The van der Waals surface area contributed by atoms with Crippen molar-refractivity contribution in [2.45, 2.75) is 39.7 Å². The Balaban J connectivity index is 1.84. The molecule has 1 heterocycles. The van der Waals surface area contributed by atoms with Gasteiger partial charge in [0.15, 0.2) is 0 Å². The van der Waals surface area contributed by atoms with Crippen molar-refractivity contribution in [2.75, 3.05) is 13.1 Å². The second-order valence-corrected chi connectivity index (χ2v) is 5.23. The Hall–Kier alpha value is -0.820. The molecule has 0 atom stereocenters. The molecular weight excluding hydrogens is 194 g/mol. The summed E-state index contributed by atoms with van der Waals surface area (Å²) in [5, 5.41) is 0. The molecule has 0 unspecified atom stereocenters. The molecule has 0 aliphatic carbocycles. The molecule has 2 rings (SSSR count). The standard InChI is InChI=1S/C15H23N/c1-3-10-15(4-2)12-16(13-15)11-14-8-6-5-7-9-14/h5-9H,3-4,10-13H2,1-2H3. The fourth-order valence-corrected chi connectivity index (χ4v) is 2.94. The lowest BCUT2D eigenvalue weighted by Gasteiger charge is -2.50. The topological polar surface area (TPSA) is 3.24 Å². The van der Waals surface area contributed by atoms with Gasteiger partial charge in [0.05, 0.1) is 0 Å². The summed E-state index contributed by atoms with van der Waals surface area (Å²) in [5.74, 6) is 0. The third kappa shape index (κ3) is 2.46. The van der Waals surface area contributed by atoms with E-state index in [4.69, 9.17) is 0 Å². The summed E-state index contributed by atoms with van der Waals surface area (Å²) in [6.07, 6.45) is 4.06. The van der Waals surface area contributed by atoms with E-state index in [-0.39, 0.29) is 0 Å². The number of hydrogen-bond donors (Lipinski definition) is 0. The minimum Gasteiger partial charge on any atom is -0.298 e. The van der Waals surface area contributed by atoms with Crippen molar-refractivity contribution in [2.24, 2.45) is 5.41 Å². The second kappa shape index (κ2) is 5.01. The highest BCUT2D eigenvalue weighted by molar-refractivity contribution is 5.15. The molecule has 1 aromatic rings. The third-order valence-electron chi connectivity index (χ3n) is 3.90. The van der Waals surface area contributed by atoms with Gasteiger partial charge in [0.1, 0.15) is 0 Å². The fourth-order valence-electron chi connectivity index (χ4n) is 2.94. The maximum atomic E-state index is 2.58. The zero-order valence-corrected chi connectivity index (χ0v) is 10.6. The van der Waals surface area contributed by atoms with Crippen LogP contribution in [0.3, 0.4) is 0 Å². The van der Waals surface area contributed by atoms with Gasteiger partial charge in [0, 0.05) is 19.6 Å². The molecule has 1 fully saturated rings. The van der Waals surface area contributed by atoms with Crippen molar-refractivity contribution in [1.29, 1.82) is 0 Å². The molecule has 1 aliphatic heterocycles. The molecule has 0 spiro atoms. The van der Waals surface area contributed by atoms with Crippen molar-refractivity contribution in [3.8, 4) is 0 Å². The molecular formula is C15H23N. The molecule has 1 aromatic carbocycles. The monoisotopic (exact) mass is 217 g/mol. The van der Waals surface area contributed by atoms with E-state index in [1.165, 1.54) is 37.9 Å². The molecule has 0 radical (unpaired) electrons. The van der Waals surface area contributed by atoms with Crippen molar-refractivity contribution in [3.63, 3.8) is 0 Å². The Morgan fingerprint density at radius 3 is 2.38 bits per heavy atom. The van der Waals surface area contributed by atoms with Gasteiger partial charge < -0.3 is 0 Å². The highest BCUT2D eigenvalue weighted by Crippen LogP contribution is 2.38. The smallest absolute Gasteiger partial charge is 0.0234 e. The Labute approximate surface area is 99.5 Å². The molecule has 1 nitrogen and oxygen atoms in total. The lowest BCUT2D eigenvalue weighted by molar-refractivity contribution is -0.0162. The molecule has 0 saturated carbocycles. The van der Waals surface area contributed by atoms with Gasteiger partial charge in [-0.3, -0.25) is 4.90 Å². The largest absolute Gasteiger partial charge is 0.298 e. The Kier molecular flexibility index (Phi) is 3.65. The zero-order valence-electron chi connectivity index (χ0n) is 10.6. The first kappa shape index (κ1) is 11.7. The normalized spacial score (nSPS) is 19.4. The van der Waals surface area contributed by atoms with Crippen molar-refractivity contribution < 1.29 is 0 Å². The van der Waals surface area contributed by atoms with Crippen LogP contribution in [0.4, 0.5) is 0 Å². The SMILES string of the molecule is CCCC1(CC)CN(Cc2ccccc2)C1. The molecule has 1 saturated heterocycles. The van der Waals surface area contributed by atoms with Crippen LogP contribution in [0.25, 0.3) is 0 Å². The van der Waals surface area contributed by atoms with Crippen LogP contribution in [0.5, 0.6) is 0 Å². The summed E-state index contributed by atoms with van der Waals surface area (Å²) in [5.41, 5.74) is 2.09. The average Bonchev–Trinajstić information content (AvgIpc) is 2.27. The molecule has 0 amide bonds. The van der Waals surface area contributed by atoms with E-state index in [1.54, 1.807) is 0 Å². The van der Waals surface area contributed by atoms with Gasteiger partial charge in [-0.2, -0.15) is 0 Å². The van der Waals surface area contributed by atoms with Gasteiger partial charge in [-0.25, -0.2) is 0 Å². The molecule has 1 aliphatic rings. The van der Waals surface area contributed by atoms with Gasteiger partial charge >= 0.3 is 0 Å². The summed E-state index contributed by atoms with van der Waals surface area (Å²) < 4.78 is 0. The summed E-state index contributed by atoms with van der Waals surface area (Å²) in [4.78, 5) is 2.58.